The third kappa shape index (κ3) is 1.32. The van der Waals surface area contributed by atoms with Crippen LogP contribution in [0.3, 0.4) is 0 Å². The molecular formula is C4H5IN2S. The summed E-state index contributed by atoms with van der Waals surface area (Å²) in [6.45, 7) is 1.98. The quantitative estimate of drug-likeness (QED) is 0.601. The number of nitrogens with one attached hydrogen (secondary N) is 1. The predicted molar refractivity (Wildman–Crippen MR) is 44.5 cm³/mol. The second-order valence-corrected chi connectivity index (χ2v) is 2.79. The van der Waals surface area contributed by atoms with E-state index in [9.17, 15) is 0 Å². The molecule has 0 fully saturated rings. The molecule has 1 rings (SSSR count). The van der Waals surface area contributed by atoms with Crippen LogP contribution in [-0.4, -0.2) is 4.98 Å². The van der Waals surface area contributed by atoms with Gasteiger partial charge >= 0.3 is 0 Å². The summed E-state index contributed by atoms with van der Waals surface area (Å²) in [4.78, 5) is 4.13. The molecule has 0 unspecified atom stereocenters. The number of aromatic nitrogens is 1. The van der Waals surface area contributed by atoms with E-state index in [-0.39, 0.29) is 0 Å². The molecule has 0 spiro atoms. The highest BCUT2D eigenvalue weighted by molar-refractivity contribution is 14.1. The fraction of sp³-hybridized carbons (Fsp3) is 0.250. The molecule has 0 aliphatic rings. The van der Waals surface area contributed by atoms with Crippen LogP contribution in [0.2, 0.25) is 0 Å². The molecule has 0 saturated carbocycles. The monoisotopic (exact) mass is 240 g/mol. The molecule has 0 radical (unpaired) electrons. The van der Waals surface area contributed by atoms with Crippen molar-refractivity contribution >= 4 is 39.3 Å². The third-order valence-electron chi connectivity index (χ3n) is 0.700. The zero-order valence-electron chi connectivity index (χ0n) is 4.31. The molecule has 0 bridgehead atoms. The molecular weight excluding hydrogens is 235 g/mol. The van der Waals surface area contributed by atoms with E-state index in [0.29, 0.717) is 0 Å². The van der Waals surface area contributed by atoms with Crippen molar-refractivity contribution < 1.29 is 0 Å². The van der Waals surface area contributed by atoms with E-state index < -0.39 is 0 Å². The van der Waals surface area contributed by atoms with Gasteiger partial charge in [-0.1, -0.05) is 0 Å². The van der Waals surface area contributed by atoms with Crippen LogP contribution < -0.4 is 3.53 Å². The van der Waals surface area contributed by atoms with Gasteiger partial charge < -0.3 is 3.53 Å². The van der Waals surface area contributed by atoms with Crippen molar-refractivity contribution in [3.63, 3.8) is 0 Å². The molecule has 1 aromatic rings. The maximum atomic E-state index is 4.13. The largest absolute Gasteiger partial charge is 0.304 e. The first-order chi connectivity index (χ1) is 3.83. The minimum Gasteiger partial charge on any atom is -0.304 e. The van der Waals surface area contributed by atoms with E-state index >= 15 is 0 Å². The van der Waals surface area contributed by atoms with Crippen LogP contribution in [0, 0.1) is 6.92 Å². The van der Waals surface area contributed by atoms with Crippen molar-refractivity contribution in [3.8, 4) is 0 Å². The lowest BCUT2D eigenvalue weighted by molar-refractivity contribution is 1.28. The molecule has 8 heavy (non-hydrogen) atoms. The van der Waals surface area contributed by atoms with E-state index in [1.54, 1.807) is 11.3 Å². The molecule has 4 heteroatoms. The molecule has 0 atom stereocenters. The van der Waals surface area contributed by atoms with E-state index in [2.05, 4.69) is 31.4 Å². The van der Waals surface area contributed by atoms with Crippen LogP contribution in [0.1, 0.15) is 5.69 Å². The number of aryl methyl sites for hydroxylation is 1. The first kappa shape index (κ1) is 6.28. The lowest BCUT2D eigenvalue weighted by Gasteiger charge is -1.82. The second kappa shape index (κ2) is 2.63. The predicted octanol–water partition coefficient (Wildman–Crippen LogP) is 2.21. The van der Waals surface area contributed by atoms with Crippen LogP contribution in [0.15, 0.2) is 5.38 Å². The maximum Gasteiger partial charge on any atom is 0.191 e. The van der Waals surface area contributed by atoms with Crippen molar-refractivity contribution in [2.45, 2.75) is 6.92 Å². The van der Waals surface area contributed by atoms with Gasteiger partial charge in [0.15, 0.2) is 5.13 Å². The van der Waals surface area contributed by atoms with Gasteiger partial charge in [0.25, 0.3) is 0 Å². The van der Waals surface area contributed by atoms with E-state index in [1.165, 1.54) is 0 Å². The third-order valence-corrected chi connectivity index (χ3v) is 2.45. The number of rotatable bonds is 1. The Labute approximate surface area is 65.8 Å². The highest BCUT2D eigenvalue weighted by Crippen LogP contribution is 2.15. The fourth-order valence-electron chi connectivity index (χ4n) is 0.397. The minimum absolute atomic E-state index is 0.975. The lowest BCUT2D eigenvalue weighted by Crippen LogP contribution is -1.75. The van der Waals surface area contributed by atoms with Crippen molar-refractivity contribution in [1.29, 1.82) is 0 Å². The summed E-state index contributed by atoms with van der Waals surface area (Å²) in [5.74, 6) is 0. The fourth-order valence-corrected chi connectivity index (χ4v) is 1.48. The highest BCUT2D eigenvalue weighted by Gasteiger charge is 1.91. The summed E-state index contributed by atoms with van der Waals surface area (Å²) in [7, 11) is 0. The molecule has 0 saturated heterocycles. The van der Waals surface area contributed by atoms with Gasteiger partial charge in [0.05, 0.1) is 28.6 Å². The number of nitrogens with zero attached hydrogens (tertiary/aromatic N) is 1. The highest BCUT2D eigenvalue weighted by atomic mass is 127. The first-order valence-corrected chi connectivity index (χ1v) is 4.07. The Balaban J connectivity index is 2.84. The summed E-state index contributed by atoms with van der Waals surface area (Å²) >= 11 is 3.68. The molecule has 0 aromatic carbocycles. The average Bonchev–Trinajstić information content (AvgIpc) is 2.14. The zero-order chi connectivity index (χ0) is 5.98. The minimum atomic E-state index is 0.975. The van der Waals surface area contributed by atoms with Gasteiger partial charge in [0, 0.05) is 5.38 Å². The number of anilines is 1. The molecule has 2 nitrogen and oxygen atoms in total. The van der Waals surface area contributed by atoms with E-state index in [0.717, 1.165) is 10.8 Å². The normalized spacial score (nSPS) is 9.25. The van der Waals surface area contributed by atoms with E-state index in [4.69, 9.17) is 0 Å². The van der Waals surface area contributed by atoms with Crippen molar-refractivity contribution in [2.24, 2.45) is 0 Å². The smallest absolute Gasteiger partial charge is 0.191 e. The number of thiazole rings is 1. The summed E-state index contributed by atoms with van der Waals surface area (Å²) in [6, 6.07) is 0. The van der Waals surface area contributed by atoms with Crippen molar-refractivity contribution in [1.82, 2.24) is 4.98 Å². The summed E-state index contributed by atoms with van der Waals surface area (Å²) in [5, 5.41) is 2.99. The van der Waals surface area contributed by atoms with Crippen LogP contribution in [0.4, 0.5) is 5.13 Å². The lowest BCUT2D eigenvalue weighted by atomic mass is 10.6. The molecule has 1 aromatic heterocycles. The van der Waals surface area contributed by atoms with E-state index in [1.807, 2.05) is 12.3 Å². The van der Waals surface area contributed by atoms with Crippen LogP contribution in [-0.2, 0) is 0 Å². The zero-order valence-corrected chi connectivity index (χ0v) is 7.28. The number of halogens is 1. The van der Waals surface area contributed by atoms with Crippen molar-refractivity contribution in [2.75, 3.05) is 3.53 Å². The van der Waals surface area contributed by atoms with Gasteiger partial charge in [-0.05, 0) is 6.92 Å². The maximum absolute atomic E-state index is 4.13. The Bertz CT molecular complexity index is 174. The van der Waals surface area contributed by atoms with Gasteiger partial charge in [-0.15, -0.1) is 11.3 Å². The van der Waals surface area contributed by atoms with Gasteiger partial charge in [0.2, 0.25) is 0 Å². The Morgan fingerprint density at radius 1 is 1.88 bits per heavy atom. The average molecular weight is 240 g/mol. The topological polar surface area (TPSA) is 24.9 Å². The second-order valence-electron chi connectivity index (χ2n) is 1.39. The van der Waals surface area contributed by atoms with Crippen LogP contribution >= 0.6 is 34.2 Å². The first-order valence-electron chi connectivity index (χ1n) is 2.11. The van der Waals surface area contributed by atoms with Crippen LogP contribution in [0.5, 0.6) is 0 Å². The standard InChI is InChI=1S/C4H5IN2S/c1-3-2-8-4(6-3)7-5/h2H,1H3,(H,6,7). The van der Waals surface area contributed by atoms with Gasteiger partial charge in [0.1, 0.15) is 0 Å². The van der Waals surface area contributed by atoms with Gasteiger partial charge in [-0.25, -0.2) is 4.98 Å². The molecule has 1 N–H and O–H groups in total. The molecule has 0 aliphatic heterocycles. The Morgan fingerprint density at radius 3 is 2.88 bits per heavy atom. The molecule has 0 aliphatic carbocycles. The van der Waals surface area contributed by atoms with Gasteiger partial charge in [-0.2, -0.15) is 0 Å². The Morgan fingerprint density at radius 2 is 2.62 bits per heavy atom. The number of hydrogen-bond acceptors (Lipinski definition) is 3. The summed E-state index contributed by atoms with van der Waals surface area (Å²) in [5.41, 5.74) is 1.08. The SMILES string of the molecule is Cc1csc(NI)n1. The summed E-state index contributed by atoms with van der Waals surface area (Å²) in [6.07, 6.45) is 0. The molecule has 0 amide bonds. The summed E-state index contributed by atoms with van der Waals surface area (Å²) < 4.78 is 2.93. The molecule has 1 heterocycles. The Hall–Kier alpha value is 0.160. The number of hydrogen-bond donors (Lipinski definition) is 1. The Kier molecular flexibility index (Phi) is 2.07. The van der Waals surface area contributed by atoms with Crippen LogP contribution in [0.25, 0.3) is 0 Å². The van der Waals surface area contributed by atoms with Gasteiger partial charge in [-0.3, -0.25) is 0 Å². The van der Waals surface area contributed by atoms with Crippen molar-refractivity contribution in [3.05, 3.63) is 11.1 Å². The molecule has 44 valence electrons.